The molecule has 0 bridgehead atoms. The Morgan fingerprint density at radius 2 is 2.05 bits per heavy atom. The van der Waals surface area contributed by atoms with E-state index in [4.69, 9.17) is 0 Å². The van der Waals surface area contributed by atoms with Crippen LogP contribution in [0.15, 0.2) is 12.1 Å². The first-order valence-corrected chi connectivity index (χ1v) is 5.83. The molecule has 1 aromatic rings. The molecular formula is C12H16F4N2O. The Labute approximate surface area is 109 Å². The van der Waals surface area contributed by atoms with Crippen molar-refractivity contribution in [2.24, 2.45) is 0 Å². The van der Waals surface area contributed by atoms with Gasteiger partial charge in [-0.1, -0.05) is 13.0 Å². The van der Waals surface area contributed by atoms with Gasteiger partial charge in [-0.3, -0.25) is 0 Å². The molecule has 1 rings (SSSR count). The molecule has 1 aromatic heterocycles. The Morgan fingerprint density at radius 1 is 1.37 bits per heavy atom. The van der Waals surface area contributed by atoms with Crippen molar-refractivity contribution in [3.8, 4) is 5.88 Å². The highest BCUT2D eigenvalue weighted by Gasteiger charge is 2.41. The molecule has 0 saturated carbocycles. The third kappa shape index (κ3) is 4.66. The molecule has 0 saturated heterocycles. The van der Waals surface area contributed by atoms with Crippen LogP contribution in [0.3, 0.4) is 0 Å². The maximum Gasteiger partial charge on any atom is 0.340 e. The van der Waals surface area contributed by atoms with E-state index in [2.05, 4.69) is 15.0 Å². The molecule has 108 valence electrons. The Balaban J connectivity index is 2.63. The number of aryl methyl sites for hydroxylation is 1. The van der Waals surface area contributed by atoms with Crippen LogP contribution in [0, 0.1) is 6.92 Å². The number of nitrogens with zero attached hydrogens (tertiary/aromatic N) is 1. The lowest BCUT2D eigenvalue weighted by molar-refractivity contribution is -0.148. The summed E-state index contributed by atoms with van der Waals surface area (Å²) in [6, 6.07) is 3.06. The second kappa shape index (κ2) is 6.70. The molecule has 1 N–H and O–H groups in total. The summed E-state index contributed by atoms with van der Waals surface area (Å²) in [5.74, 6) is -4.25. The van der Waals surface area contributed by atoms with Crippen LogP contribution in [0.4, 0.5) is 17.6 Å². The number of ether oxygens (including phenoxy) is 1. The van der Waals surface area contributed by atoms with Gasteiger partial charge in [-0.05, 0) is 19.0 Å². The quantitative estimate of drug-likeness (QED) is 0.780. The van der Waals surface area contributed by atoms with Gasteiger partial charge >= 0.3 is 12.3 Å². The van der Waals surface area contributed by atoms with Crippen LogP contribution in [0.25, 0.3) is 0 Å². The van der Waals surface area contributed by atoms with Crippen LogP contribution >= 0.6 is 0 Å². The van der Waals surface area contributed by atoms with Crippen LogP contribution < -0.4 is 10.1 Å². The fourth-order valence-electron chi connectivity index (χ4n) is 1.33. The highest BCUT2D eigenvalue weighted by Crippen LogP contribution is 2.24. The smallest absolute Gasteiger partial charge is 0.340 e. The van der Waals surface area contributed by atoms with E-state index in [-0.39, 0.29) is 5.88 Å². The normalized spacial score (nSPS) is 11.9. The van der Waals surface area contributed by atoms with Crippen LogP contribution in [0.1, 0.15) is 18.2 Å². The molecule has 0 radical (unpaired) electrons. The van der Waals surface area contributed by atoms with E-state index in [9.17, 15) is 17.6 Å². The second-order valence-electron chi connectivity index (χ2n) is 4.02. The number of hydrogen-bond donors (Lipinski definition) is 1. The van der Waals surface area contributed by atoms with Crippen molar-refractivity contribution < 1.29 is 22.3 Å². The molecular weight excluding hydrogens is 264 g/mol. The monoisotopic (exact) mass is 280 g/mol. The zero-order valence-corrected chi connectivity index (χ0v) is 10.7. The Hall–Kier alpha value is -1.37. The number of aromatic nitrogens is 1. The first-order chi connectivity index (χ1) is 8.86. The van der Waals surface area contributed by atoms with Gasteiger partial charge in [0.25, 0.3) is 0 Å². The van der Waals surface area contributed by atoms with Gasteiger partial charge in [0, 0.05) is 18.3 Å². The van der Waals surface area contributed by atoms with Gasteiger partial charge in [0.15, 0.2) is 6.61 Å². The maximum absolute atomic E-state index is 12.7. The average molecular weight is 280 g/mol. The number of rotatable bonds is 7. The summed E-state index contributed by atoms with van der Waals surface area (Å²) in [4.78, 5) is 3.95. The van der Waals surface area contributed by atoms with Crippen molar-refractivity contribution in [1.29, 1.82) is 0 Å². The fraction of sp³-hybridized carbons (Fsp3) is 0.583. The standard InChI is InChI=1S/C12H16F4N2O/c1-3-17-6-9-4-5-10(18-8(9)2)19-7-12(15,16)11(13)14/h4-5,11,17H,3,6-7H2,1-2H3. The Morgan fingerprint density at radius 3 is 2.58 bits per heavy atom. The van der Waals surface area contributed by atoms with E-state index in [0.717, 1.165) is 12.1 Å². The van der Waals surface area contributed by atoms with Gasteiger partial charge in [-0.2, -0.15) is 8.78 Å². The lowest BCUT2D eigenvalue weighted by atomic mass is 10.2. The molecule has 0 aliphatic carbocycles. The summed E-state index contributed by atoms with van der Waals surface area (Å²) in [6.45, 7) is 3.65. The van der Waals surface area contributed by atoms with Crippen molar-refractivity contribution in [3.63, 3.8) is 0 Å². The first-order valence-electron chi connectivity index (χ1n) is 5.83. The van der Waals surface area contributed by atoms with Gasteiger partial charge in [-0.25, -0.2) is 13.8 Å². The summed E-state index contributed by atoms with van der Waals surface area (Å²) < 4.78 is 53.8. The highest BCUT2D eigenvalue weighted by molar-refractivity contribution is 5.24. The molecule has 3 nitrogen and oxygen atoms in total. The Bertz CT molecular complexity index is 413. The van der Waals surface area contributed by atoms with Gasteiger partial charge in [0.05, 0.1) is 0 Å². The number of hydrogen-bond acceptors (Lipinski definition) is 3. The molecule has 0 atom stereocenters. The van der Waals surface area contributed by atoms with E-state index in [1.54, 1.807) is 13.0 Å². The SMILES string of the molecule is CCNCc1ccc(OCC(F)(F)C(F)F)nc1C. The predicted molar refractivity (Wildman–Crippen MR) is 62.8 cm³/mol. The topological polar surface area (TPSA) is 34.1 Å². The van der Waals surface area contributed by atoms with E-state index in [1.165, 1.54) is 6.07 Å². The fourth-order valence-corrected chi connectivity index (χ4v) is 1.33. The van der Waals surface area contributed by atoms with Crippen molar-refractivity contribution in [2.45, 2.75) is 32.7 Å². The second-order valence-corrected chi connectivity index (χ2v) is 4.02. The third-order valence-electron chi connectivity index (χ3n) is 2.47. The van der Waals surface area contributed by atoms with Crippen LogP contribution in [0.5, 0.6) is 5.88 Å². The molecule has 0 aromatic carbocycles. The maximum atomic E-state index is 12.7. The minimum atomic E-state index is -4.17. The minimum absolute atomic E-state index is 0.0851. The van der Waals surface area contributed by atoms with E-state index in [1.807, 2.05) is 6.92 Å². The van der Waals surface area contributed by atoms with Crippen molar-refractivity contribution in [3.05, 3.63) is 23.4 Å². The van der Waals surface area contributed by atoms with Gasteiger partial charge < -0.3 is 10.1 Å². The molecule has 0 amide bonds. The number of nitrogens with one attached hydrogen (secondary N) is 1. The first kappa shape index (κ1) is 15.7. The summed E-state index contributed by atoms with van der Waals surface area (Å²) in [5.41, 5.74) is 1.51. The zero-order valence-electron chi connectivity index (χ0n) is 10.7. The van der Waals surface area contributed by atoms with Gasteiger partial charge in [0.2, 0.25) is 5.88 Å². The number of alkyl halides is 4. The Kier molecular flexibility index (Phi) is 5.53. The third-order valence-corrected chi connectivity index (χ3v) is 2.47. The van der Waals surface area contributed by atoms with Crippen molar-refractivity contribution >= 4 is 0 Å². The minimum Gasteiger partial charge on any atom is -0.471 e. The van der Waals surface area contributed by atoms with Crippen LogP contribution in [0.2, 0.25) is 0 Å². The molecule has 0 spiro atoms. The predicted octanol–water partition coefficient (Wildman–Crippen LogP) is 2.78. The molecule has 0 fully saturated rings. The molecule has 0 aliphatic rings. The van der Waals surface area contributed by atoms with E-state index >= 15 is 0 Å². The van der Waals surface area contributed by atoms with Crippen molar-refractivity contribution in [1.82, 2.24) is 10.3 Å². The number of pyridine rings is 1. The van der Waals surface area contributed by atoms with Crippen molar-refractivity contribution in [2.75, 3.05) is 13.2 Å². The molecule has 7 heteroatoms. The summed E-state index contributed by atoms with van der Waals surface area (Å²) >= 11 is 0. The van der Waals surface area contributed by atoms with Crippen LogP contribution in [-0.2, 0) is 6.54 Å². The van der Waals surface area contributed by atoms with E-state index < -0.39 is 19.0 Å². The van der Waals surface area contributed by atoms with Gasteiger partial charge in [-0.15, -0.1) is 0 Å². The molecule has 0 aliphatic heterocycles. The molecule has 19 heavy (non-hydrogen) atoms. The number of halogens is 4. The molecule has 0 unspecified atom stereocenters. The van der Waals surface area contributed by atoms with Gasteiger partial charge in [0.1, 0.15) is 0 Å². The lowest BCUT2D eigenvalue weighted by Crippen LogP contribution is -2.33. The average Bonchev–Trinajstić information content (AvgIpc) is 2.35. The summed E-state index contributed by atoms with van der Waals surface area (Å²) in [7, 11) is 0. The highest BCUT2D eigenvalue weighted by atomic mass is 19.3. The summed E-state index contributed by atoms with van der Waals surface area (Å²) in [5, 5.41) is 3.10. The summed E-state index contributed by atoms with van der Waals surface area (Å²) in [6.07, 6.45) is -3.75. The molecule has 1 heterocycles. The zero-order chi connectivity index (χ0) is 14.5. The lowest BCUT2D eigenvalue weighted by Gasteiger charge is -2.16. The van der Waals surface area contributed by atoms with Crippen LogP contribution in [-0.4, -0.2) is 30.5 Å². The largest absolute Gasteiger partial charge is 0.471 e. The van der Waals surface area contributed by atoms with E-state index in [0.29, 0.717) is 12.2 Å².